The van der Waals surface area contributed by atoms with E-state index in [9.17, 15) is 0 Å². The van der Waals surface area contributed by atoms with Crippen LogP contribution in [0.3, 0.4) is 0 Å². The Labute approximate surface area is 125 Å². The summed E-state index contributed by atoms with van der Waals surface area (Å²) in [7, 11) is 1.83. The maximum Gasteiger partial charge on any atom is 0.232 e. The quantitative estimate of drug-likeness (QED) is 0.848. The number of rotatable bonds is 5. The molecule has 1 aliphatic heterocycles. The average molecular weight is 292 g/mol. The molecule has 3 rings (SSSR count). The molecular weight excluding hydrogens is 268 g/mol. The van der Waals surface area contributed by atoms with E-state index in [-0.39, 0.29) is 5.54 Å². The van der Waals surface area contributed by atoms with Gasteiger partial charge >= 0.3 is 0 Å². The van der Waals surface area contributed by atoms with Gasteiger partial charge in [-0.3, -0.25) is 0 Å². The molecule has 2 heterocycles. The van der Waals surface area contributed by atoms with Crippen molar-refractivity contribution in [1.82, 2.24) is 15.0 Å². The zero-order valence-electron chi connectivity index (χ0n) is 13.0. The van der Waals surface area contributed by atoms with Gasteiger partial charge in [0.1, 0.15) is 0 Å². The van der Waals surface area contributed by atoms with Crippen molar-refractivity contribution in [3.05, 3.63) is 0 Å². The fourth-order valence-corrected chi connectivity index (χ4v) is 2.63. The van der Waals surface area contributed by atoms with Crippen LogP contribution in [0.2, 0.25) is 0 Å². The van der Waals surface area contributed by atoms with Gasteiger partial charge in [0.15, 0.2) is 0 Å². The predicted molar refractivity (Wildman–Crippen MR) is 82.8 cm³/mol. The molecule has 1 saturated carbocycles. The number of nitrogens with one attached hydrogen (secondary N) is 2. The summed E-state index contributed by atoms with van der Waals surface area (Å²) in [5.74, 6) is 2.67. The molecule has 7 nitrogen and oxygen atoms in total. The first-order valence-corrected chi connectivity index (χ1v) is 7.63. The van der Waals surface area contributed by atoms with Crippen LogP contribution in [0.4, 0.5) is 17.8 Å². The van der Waals surface area contributed by atoms with Crippen LogP contribution in [0.15, 0.2) is 0 Å². The second-order valence-electron chi connectivity index (χ2n) is 6.25. The lowest BCUT2D eigenvalue weighted by atomic mass is 9.99. The highest BCUT2D eigenvalue weighted by molar-refractivity contribution is 5.45. The minimum atomic E-state index is 0.0225. The van der Waals surface area contributed by atoms with E-state index in [4.69, 9.17) is 4.74 Å². The van der Waals surface area contributed by atoms with Gasteiger partial charge in [-0.2, -0.15) is 15.0 Å². The first-order chi connectivity index (χ1) is 10.1. The van der Waals surface area contributed by atoms with Crippen molar-refractivity contribution >= 4 is 17.8 Å². The maximum absolute atomic E-state index is 5.38. The van der Waals surface area contributed by atoms with E-state index in [1.807, 2.05) is 7.05 Å². The highest BCUT2D eigenvalue weighted by Crippen LogP contribution is 2.40. The minimum absolute atomic E-state index is 0.0225. The van der Waals surface area contributed by atoms with E-state index >= 15 is 0 Å². The number of hydrogen-bond acceptors (Lipinski definition) is 7. The number of ether oxygens (including phenoxy) is 1. The SMILES string of the molecule is CNc1nc(NC(C)(C)C2CC2)nc(N2CCOCC2)n1. The van der Waals surface area contributed by atoms with Crippen LogP contribution in [0.1, 0.15) is 26.7 Å². The summed E-state index contributed by atoms with van der Waals surface area (Å²) in [6, 6.07) is 0. The number of hydrogen-bond donors (Lipinski definition) is 2. The highest BCUT2D eigenvalue weighted by atomic mass is 16.5. The Morgan fingerprint density at radius 2 is 1.76 bits per heavy atom. The summed E-state index contributed by atoms with van der Waals surface area (Å²) in [5, 5.41) is 6.49. The third-order valence-corrected chi connectivity index (χ3v) is 4.17. The van der Waals surface area contributed by atoms with Gasteiger partial charge in [0.25, 0.3) is 0 Å². The van der Waals surface area contributed by atoms with E-state index in [2.05, 4.69) is 44.3 Å². The van der Waals surface area contributed by atoms with Gasteiger partial charge in [-0.1, -0.05) is 0 Å². The summed E-state index contributed by atoms with van der Waals surface area (Å²) < 4.78 is 5.38. The number of anilines is 3. The van der Waals surface area contributed by atoms with Crippen LogP contribution < -0.4 is 15.5 Å². The fourth-order valence-electron chi connectivity index (χ4n) is 2.63. The summed E-state index contributed by atoms with van der Waals surface area (Å²) >= 11 is 0. The fraction of sp³-hybridized carbons (Fsp3) is 0.786. The van der Waals surface area contributed by atoms with Crippen molar-refractivity contribution in [2.75, 3.05) is 48.9 Å². The molecule has 0 radical (unpaired) electrons. The smallest absolute Gasteiger partial charge is 0.232 e. The molecule has 7 heteroatoms. The molecule has 0 bridgehead atoms. The molecule has 1 aliphatic carbocycles. The topological polar surface area (TPSA) is 75.2 Å². The molecule has 0 spiro atoms. The molecule has 2 N–H and O–H groups in total. The number of aromatic nitrogens is 3. The van der Waals surface area contributed by atoms with Crippen LogP contribution in [0.5, 0.6) is 0 Å². The first-order valence-electron chi connectivity index (χ1n) is 7.63. The van der Waals surface area contributed by atoms with Crippen LogP contribution >= 0.6 is 0 Å². The Bertz CT molecular complexity index is 496. The Morgan fingerprint density at radius 1 is 1.10 bits per heavy atom. The molecule has 0 aromatic carbocycles. The lowest BCUT2D eigenvalue weighted by molar-refractivity contribution is 0.122. The monoisotopic (exact) mass is 292 g/mol. The molecule has 0 amide bonds. The van der Waals surface area contributed by atoms with E-state index in [1.54, 1.807) is 0 Å². The Kier molecular flexibility index (Phi) is 3.84. The Hall–Kier alpha value is -1.63. The predicted octanol–water partition coefficient (Wildman–Crippen LogP) is 1.35. The van der Waals surface area contributed by atoms with Gasteiger partial charge < -0.3 is 20.3 Å². The molecule has 1 aromatic heterocycles. The molecule has 2 fully saturated rings. The molecule has 21 heavy (non-hydrogen) atoms. The van der Waals surface area contributed by atoms with Gasteiger partial charge in [0, 0.05) is 25.7 Å². The summed E-state index contributed by atoms with van der Waals surface area (Å²) in [6.45, 7) is 7.49. The summed E-state index contributed by atoms with van der Waals surface area (Å²) in [5.41, 5.74) is 0.0225. The Balaban J connectivity index is 1.82. The van der Waals surface area contributed by atoms with E-state index < -0.39 is 0 Å². The largest absolute Gasteiger partial charge is 0.378 e. The minimum Gasteiger partial charge on any atom is -0.378 e. The van der Waals surface area contributed by atoms with Gasteiger partial charge in [0.05, 0.1) is 13.2 Å². The van der Waals surface area contributed by atoms with E-state index in [0.717, 1.165) is 26.3 Å². The van der Waals surface area contributed by atoms with Crippen LogP contribution in [0, 0.1) is 5.92 Å². The van der Waals surface area contributed by atoms with Crippen molar-refractivity contribution in [3.8, 4) is 0 Å². The molecule has 1 aromatic rings. The van der Waals surface area contributed by atoms with Crippen molar-refractivity contribution in [2.24, 2.45) is 5.92 Å². The highest BCUT2D eigenvalue weighted by Gasteiger charge is 2.38. The molecule has 1 saturated heterocycles. The molecule has 116 valence electrons. The average Bonchev–Trinajstić information content (AvgIpc) is 3.32. The lowest BCUT2D eigenvalue weighted by Gasteiger charge is -2.29. The zero-order valence-corrected chi connectivity index (χ0v) is 13.0. The zero-order chi connectivity index (χ0) is 14.9. The van der Waals surface area contributed by atoms with Gasteiger partial charge in [-0.25, -0.2) is 0 Å². The Morgan fingerprint density at radius 3 is 2.38 bits per heavy atom. The van der Waals surface area contributed by atoms with Gasteiger partial charge in [-0.05, 0) is 32.6 Å². The third kappa shape index (κ3) is 3.34. The van der Waals surface area contributed by atoms with Gasteiger partial charge in [0.2, 0.25) is 17.8 Å². The van der Waals surface area contributed by atoms with E-state index in [0.29, 0.717) is 23.8 Å². The summed E-state index contributed by atoms with van der Waals surface area (Å²) in [6.07, 6.45) is 2.56. The lowest BCUT2D eigenvalue weighted by Crippen LogP contribution is -2.38. The van der Waals surface area contributed by atoms with Crippen LogP contribution in [-0.4, -0.2) is 53.8 Å². The maximum atomic E-state index is 5.38. The molecular formula is C14H24N6O. The second kappa shape index (κ2) is 5.63. The molecule has 2 aliphatic rings. The third-order valence-electron chi connectivity index (χ3n) is 4.17. The van der Waals surface area contributed by atoms with Crippen molar-refractivity contribution in [1.29, 1.82) is 0 Å². The summed E-state index contributed by atoms with van der Waals surface area (Å²) in [4.78, 5) is 15.6. The number of morpholine rings is 1. The molecule has 0 atom stereocenters. The van der Waals surface area contributed by atoms with Crippen LogP contribution in [0.25, 0.3) is 0 Å². The van der Waals surface area contributed by atoms with Crippen molar-refractivity contribution < 1.29 is 4.74 Å². The standard InChI is InChI=1S/C14H24N6O/c1-14(2,10-4-5-10)19-12-16-11(15-3)17-13(18-12)20-6-8-21-9-7-20/h10H,4-9H2,1-3H3,(H2,15,16,17,18,19). The van der Waals surface area contributed by atoms with Crippen LogP contribution in [-0.2, 0) is 4.74 Å². The van der Waals surface area contributed by atoms with Gasteiger partial charge in [-0.15, -0.1) is 0 Å². The molecule has 0 unspecified atom stereocenters. The van der Waals surface area contributed by atoms with Crippen molar-refractivity contribution in [3.63, 3.8) is 0 Å². The first kappa shape index (κ1) is 14.3. The van der Waals surface area contributed by atoms with E-state index in [1.165, 1.54) is 12.8 Å². The normalized spacial score (nSPS) is 19.5. The second-order valence-corrected chi connectivity index (χ2v) is 6.25. The van der Waals surface area contributed by atoms with Crippen molar-refractivity contribution in [2.45, 2.75) is 32.2 Å². The number of nitrogens with zero attached hydrogens (tertiary/aromatic N) is 4.